The lowest BCUT2D eigenvalue weighted by atomic mass is 10.0. The van der Waals surface area contributed by atoms with E-state index in [2.05, 4.69) is 118 Å². The van der Waals surface area contributed by atoms with Crippen LogP contribution in [0.3, 0.4) is 0 Å². The topological polar surface area (TPSA) is 60.9 Å². The first kappa shape index (κ1) is 28.6. The van der Waals surface area contributed by atoms with Crippen LogP contribution in [0.4, 0.5) is 0 Å². The number of hydrogen-bond acceptors (Lipinski definition) is 4. The van der Waals surface area contributed by atoms with Crippen molar-refractivity contribution in [2.45, 2.75) is 0 Å². The molecule has 6 nitrogen and oxygen atoms in total. The van der Waals surface area contributed by atoms with Crippen LogP contribution < -0.4 is 0 Å². The highest BCUT2D eigenvalue weighted by Gasteiger charge is 2.21. The van der Waals surface area contributed by atoms with Gasteiger partial charge >= 0.3 is 0 Å². The molecule has 52 heavy (non-hydrogen) atoms. The molecule has 0 aliphatic rings. The van der Waals surface area contributed by atoms with Crippen LogP contribution in [-0.2, 0) is 0 Å². The van der Waals surface area contributed by atoms with Gasteiger partial charge in [0.25, 0.3) is 0 Å². The Labute approximate surface area is 297 Å². The molecule has 0 saturated heterocycles. The van der Waals surface area contributed by atoms with Gasteiger partial charge in [0.2, 0.25) is 0 Å². The van der Waals surface area contributed by atoms with E-state index in [9.17, 15) is 0 Å². The van der Waals surface area contributed by atoms with Gasteiger partial charge in [-0.15, -0.1) is 0 Å². The summed E-state index contributed by atoms with van der Waals surface area (Å²) in [7, 11) is 0. The van der Waals surface area contributed by atoms with Crippen LogP contribution in [0.2, 0.25) is 0 Å². The molecule has 0 amide bonds. The zero-order chi connectivity index (χ0) is 34.2. The molecule has 0 spiro atoms. The molecular formula is C46H28N6. The van der Waals surface area contributed by atoms with Gasteiger partial charge in [0.15, 0.2) is 17.5 Å². The maximum atomic E-state index is 5.19. The minimum absolute atomic E-state index is 0.631. The van der Waals surface area contributed by atoms with Crippen LogP contribution in [0, 0.1) is 0 Å². The summed E-state index contributed by atoms with van der Waals surface area (Å²) in [5, 5.41) is 5.91. The number of hydrogen-bond donors (Lipinski definition) is 0. The quantitative estimate of drug-likeness (QED) is 0.176. The SMILES string of the molecule is c1ccc(-c2nc(-c3ccccc3)nc(-c3ccc(-n4c5ccccc5c5ccc6c(c7ccccc7n7c8ccccc8nc67)c54)cc3)n2)cc1. The van der Waals surface area contributed by atoms with Gasteiger partial charge in [-0.05, 0) is 54.6 Å². The van der Waals surface area contributed by atoms with Crippen LogP contribution in [-0.4, -0.2) is 28.9 Å². The lowest BCUT2D eigenvalue weighted by Crippen LogP contribution is -2.00. The molecule has 11 aromatic rings. The normalized spacial score (nSPS) is 11.8. The molecule has 0 aliphatic heterocycles. The number of nitrogens with zero attached hydrogens (tertiary/aromatic N) is 6. The second kappa shape index (κ2) is 11.2. The summed E-state index contributed by atoms with van der Waals surface area (Å²) in [4.78, 5) is 20.0. The zero-order valence-electron chi connectivity index (χ0n) is 27.8. The molecule has 11 rings (SSSR count). The highest BCUT2D eigenvalue weighted by molar-refractivity contribution is 6.28. The summed E-state index contributed by atoms with van der Waals surface area (Å²) in [6.07, 6.45) is 0. The number of imidazole rings is 1. The molecule has 0 N–H and O–H groups in total. The molecule has 4 aromatic heterocycles. The lowest BCUT2D eigenvalue weighted by Gasteiger charge is -2.14. The fourth-order valence-corrected chi connectivity index (χ4v) is 7.81. The maximum Gasteiger partial charge on any atom is 0.164 e. The van der Waals surface area contributed by atoms with E-state index < -0.39 is 0 Å². The van der Waals surface area contributed by atoms with E-state index >= 15 is 0 Å². The Morgan fingerprint density at radius 3 is 1.54 bits per heavy atom. The van der Waals surface area contributed by atoms with Gasteiger partial charge < -0.3 is 4.57 Å². The molecule has 4 heterocycles. The van der Waals surface area contributed by atoms with Crippen LogP contribution in [0.1, 0.15) is 0 Å². The molecule has 0 unspecified atom stereocenters. The van der Waals surface area contributed by atoms with Crippen LogP contribution in [0.15, 0.2) is 170 Å². The smallest absolute Gasteiger partial charge is 0.164 e. The van der Waals surface area contributed by atoms with E-state index in [1.54, 1.807) is 0 Å². The van der Waals surface area contributed by atoms with Crippen molar-refractivity contribution in [3.05, 3.63) is 170 Å². The first-order valence-electron chi connectivity index (χ1n) is 17.4. The van der Waals surface area contributed by atoms with Gasteiger partial charge in [-0.25, -0.2) is 19.9 Å². The first-order valence-corrected chi connectivity index (χ1v) is 17.4. The van der Waals surface area contributed by atoms with Gasteiger partial charge in [-0.2, -0.15) is 0 Å². The van der Waals surface area contributed by atoms with E-state index in [4.69, 9.17) is 19.9 Å². The molecule has 6 heteroatoms. The first-order chi connectivity index (χ1) is 25.8. The van der Waals surface area contributed by atoms with Crippen molar-refractivity contribution < 1.29 is 0 Å². The van der Waals surface area contributed by atoms with Gasteiger partial charge in [0.1, 0.15) is 5.65 Å². The number of rotatable bonds is 4. The molecule has 0 aliphatic carbocycles. The highest BCUT2D eigenvalue weighted by atomic mass is 15.0. The average molecular weight is 665 g/mol. The van der Waals surface area contributed by atoms with Gasteiger partial charge in [0, 0.05) is 49.3 Å². The van der Waals surface area contributed by atoms with Gasteiger partial charge in [-0.1, -0.05) is 115 Å². The number of benzene rings is 7. The largest absolute Gasteiger partial charge is 0.309 e. The van der Waals surface area contributed by atoms with E-state index in [0.29, 0.717) is 17.5 Å². The van der Waals surface area contributed by atoms with Crippen LogP contribution in [0.25, 0.3) is 100 Å². The Balaban J connectivity index is 1.16. The molecule has 7 aromatic carbocycles. The van der Waals surface area contributed by atoms with E-state index in [1.807, 2.05) is 60.7 Å². The second-order valence-electron chi connectivity index (χ2n) is 13.1. The Morgan fingerprint density at radius 2 is 0.865 bits per heavy atom. The van der Waals surface area contributed by atoms with Crippen molar-refractivity contribution in [1.29, 1.82) is 0 Å². The van der Waals surface area contributed by atoms with Crippen molar-refractivity contribution in [3.8, 4) is 39.9 Å². The van der Waals surface area contributed by atoms with Gasteiger partial charge in [-0.3, -0.25) is 4.40 Å². The summed E-state index contributed by atoms with van der Waals surface area (Å²) in [6, 6.07) is 59.1. The fourth-order valence-electron chi connectivity index (χ4n) is 7.81. The molecule has 0 radical (unpaired) electrons. The number of pyridine rings is 1. The molecule has 0 bridgehead atoms. The van der Waals surface area contributed by atoms with Crippen molar-refractivity contribution in [3.63, 3.8) is 0 Å². The third-order valence-corrected chi connectivity index (χ3v) is 10.1. The van der Waals surface area contributed by atoms with E-state index in [1.165, 1.54) is 21.5 Å². The highest BCUT2D eigenvalue weighted by Crippen LogP contribution is 2.41. The molecule has 0 atom stereocenters. The second-order valence-corrected chi connectivity index (χ2v) is 13.1. The predicted octanol–water partition coefficient (Wildman–Crippen LogP) is 11.1. The van der Waals surface area contributed by atoms with Crippen molar-refractivity contribution in [2.75, 3.05) is 0 Å². The minimum atomic E-state index is 0.631. The summed E-state index contributed by atoms with van der Waals surface area (Å²) in [5.41, 5.74) is 10.4. The predicted molar refractivity (Wildman–Crippen MR) is 212 cm³/mol. The summed E-state index contributed by atoms with van der Waals surface area (Å²) < 4.78 is 4.71. The monoisotopic (exact) mass is 664 g/mol. The summed E-state index contributed by atoms with van der Waals surface area (Å²) in [5.74, 6) is 1.92. The molecule has 0 saturated carbocycles. The minimum Gasteiger partial charge on any atom is -0.309 e. The average Bonchev–Trinajstić information content (AvgIpc) is 3.78. The zero-order valence-corrected chi connectivity index (χ0v) is 27.8. The number of aromatic nitrogens is 6. The Bertz CT molecular complexity index is 3100. The van der Waals surface area contributed by atoms with Crippen molar-refractivity contribution in [1.82, 2.24) is 28.9 Å². The summed E-state index contributed by atoms with van der Waals surface area (Å²) in [6.45, 7) is 0. The Kier molecular flexibility index (Phi) is 6.15. The fraction of sp³-hybridized carbons (Fsp3) is 0. The number of fused-ring (bicyclic) bond motifs is 12. The maximum absolute atomic E-state index is 5.19. The molecular weight excluding hydrogens is 637 g/mol. The van der Waals surface area contributed by atoms with Crippen LogP contribution >= 0.6 is 0 Å². The molecule has 242 valence electrons. The third-order valence-electron chi connectivity index (χ3n) is 10.1. The molecule has 0 fully saturated rings. The van der Waals surface area contributed by atoms with E-state index in [0.717, 1.165) is 61.0 Å². The Hall–Kier alpha value is -7.18. The van der Waals surface area contributed by atoms with Crippen LogP contribution in [0.5, 0.6) is 0 Å². The van der Waals surface area contributed by atoms with Gasteiger partial charge in [0.05, 0.1) is 27.6 Å². The van der Waals surface area contributed by atoms with Crippen molar-refractivity contribution in [2.24, 2.45) is 0 Å². The number of para-hydroxylation sites is 4. The standard InChI is InChI=1S/C46H28N6/c1-3-13-29(14-4-1)43-48-44(30-15-5-2-6-16-30)50-45(49-43)31-23-25-32(26-24-31)51-38-20-10-7-17-33(38)34-27-28-36-41(42(34)51)35-18-8-11-21-39(35)52-40-22-12-9-19-37(40)47-46(36)52/h1-28H. The summed E-state index contributed by atoms with van der Waals surface area (Å²) >= 11 is 0. The van der Waals surface area contributed by atoms with Crippen molar-refractivity contribution >= 4 is 60.2 Å². The Morgan fingerprint density at radius 1 is 0.346 bits per heavy atom. The lowest BCUT2D eigenvalue weighted by molar-refractivity contribution is 1.07. The van der Waals surface area contributed by atoms with E-state index in [-0.39, 0.29) is 0 Å². The third kappa shape index (κ3) is 4.25.